The Morgan fingerprint density at radius 1 is 1.14 bits per heavy atom. The Kier molecular flexibility index (Phi) is 4.87. The highest BCUT2D eigenvalue weighted by Gasteiger charge is 2.34. The average Bonchev–Trinajstić information content (AvgIpc) is 2.92. The molecule has 0 unspecified atom stereocenters. The van der Waals surface area contributed by atoms with Crippen molar-refractivity contribution in [3.8, 4) is 5.69 Å². The van der Waals surface area contributed by atoms with Gasteiger partial charge in [-0.1, -0.05) is 12.1 Å². The van der Waals surface area contributed by atoms with Crippen LogP contribution >= 0.6 is 0 Å². The summed E-state index contributed by atoms with van der Waals surface area (Å²) in [6.45, 7) is 5.47. The van der Waals surface area contributed by atoms with Crippen LogP contribution in [0.5, 0.6) is 0 Å². The summed E-state index contributed by atoms with van der Waals surface area (Å²) in [7, 11) is 0. The predicted molar refractivity (Wildman–Crippen MR) is 98.5 cm³/mol. The molecule has 28 heavy (non-hydrogen) atoms. The third-order valence-electron chi connectivity index (χ3n) is 4.63. The van der Waals surface area contributed by atoms with E-state index in [2.05, 4.69) is 5.32 Å². The molecule has 0 bridgehead atoms. The molecule has 0 atom stereocenters. The van der Waals surface area contributed by atoms with Gasteiger partial charge < -0.3 is 14.5 Å². The molecule has 8 nitrogen and oxygen atoms in total. The number of carboxylic acids is 1. The van der Waals surface area contributed by atoms with Gasteiger partial charge in [0.25, 0.3) is 11.8 Å². The van der Waals surface area contributed by atoms with Crippen LogP contribution in [0, 0.1) is 13.8 Å². The molecule has 1 N–H and O–H groups in total. The Bertz CT molecular complexity index is 1030. The number of hydrogen-bond donors (Lipinski definition) is 1. The van der Waals surface area contributed by atoms with Crippen LogP contribution < -0.4 is 10.4 Å². The lowest BCUT2D eigenvalue weighted by molar-refractivity contribution is -0.255. The number of benzene rings is 1. The minimum Gasteiger partial charge on any atom is -0.545 e. The first-order chi connectivity index (χ1) is 13.2. The van der Waals surface area contributed by atoms with Gasteiger partial charge in [-0.05, 0) is 56.2 Å². The van der Waals surface area contributed by atoms with Crippen molar-refractivity contribution in [2.45, 2.75) is 20.8 Å². The number of carbonyl (C=O) groups excluding carboxylic acids is 4. The molecule has 1 aromatic heterocycles. The van der Waals surface area contributed by atoms with E-state index >= 15 is 0 Å². The molecule has 8 heteroatoms. The zero-order valence-electron chi connectivity index (χ0n) is 15.6. The number of aromatic nitrogens is 1. The van der Waals surface area contributed by atoms with E-state index in [0.29, 0.717) is 5.56 Å². The number of aryl methyl sites for hydroxylation is 1. The Labute approximate surface area is 161 Å². The molecule has 1 aromatic carbocycles. The minimum absolute atomic E-state index is 0.0716. The number of likely N-dealkylation sites (N-methyl/N-ethyl adjacent to an activating group) is 1. The number of hydrogen-bond acceptors (Lipinski definition) is 5. The number of barbiturate groups is 1. The van der Waals surface area contributed by atoms with Gasteiger partial charge in [0, 0.05) is 23.6 Å². The fourth-order valence-electron chi connectivity index (χ4n) is 3.21. The second-order valence-corrected chi connectivity index (χ2v) is 6.36. The van der Waals surface area contributed by atoms with Gasteiger partial charge in [-0.15, -0.1) is 0 Å². The van der Waals surface area contributed by atoms with Gasteiger partial charge in [0.05, 0.1) is 5.97 Å². The van der Waals surface area contributed by atoms with Crippen LogP contribution in [0.25, 0.3) is 11.8 Å². The molecule has 0 aliphatic carbocycles. The van der Waals surface area contributed by atoms with Gasteiger partial charge >= 0.3 is 6.03 Å². The third kappa shape index (κ3) is 3.20. The predicted octanol–water partition coefficient (Wildman–Crippen LogP) is 0.939. The van der Waals surface area contributed by atoms with E-state index < -0.39 is 23.8 Å². The van der Waals surface area contributed by atoms with Crippen LogP contribution in [-0.2, 0) is 9.59 Å². The number of nitrogens with zero attached hydrogens (tertiary/aromatic N) is 2. The highest BCUT2D eigenvalue weighted by molar-refractivity contribution is 6.31. The van der Waals surface area contributed by atoms with Crippen molar-refractivity contribution in [1.82, 2.24) is 14.8 Å². The summed E-state index contributed by atoms with van der Waals surface area (Å²) in [6, 6.07) is 7.28. The van der Waals surface area contributed by atoms with Crippen molar-refractivity contribution in [1.29, 1.82) is 0 Å². The molecule has 0 spiro atoms. The Morgan fingerprint density at radius 2 is 1.79 bits per heavy atom. The molecule has 3 rings (SSSR count). The van der Waals surface area contributed by atoms with Crippen LogP contribution in [0.4, 0.5) is 4.79 Å². The molecule has 0 saturated carbocycles. The number of urea groups is 1. The number of rotatable bonds is 4. The van der Waals surface area contributed by atoms with Gasteiger partial charge in [-0.3, -0.25) is 19.8 Å². The topological polar surface area (TPSA) is 112 Å². The van der Waals surface area contributed by atoms with E-state index in [0.717, 1.165) is 22.0 Å². The number of carbonyl (C=O) groups is 4. The summed E-state index contributed by atoms with van der Waals surface area (Å²) in [5.41, 5.74) is 2.92. The van der Waals surface area contributed by atoms with Crippen LogP contribution in [0.3, 0.4) is 0 Å². The summed E-state index contributed by atoms with van der Waals surface area (Å²) < 4.78 is 1.87. The van der Waals surface area contributed by atoms with Gasteiger partial charge in [-0.2, -0.15) is 0 Å². The van der Waals surface area contributed by atoms with Crippen molar-refractivity contribution < 1.29 is 24.3 Å². The smallest absolute Gasteiger partial charge is 0.331 e. The van der Waals surface area contributed by atoms with Gasteiger partial charge in [0.1, 0.15) is 5.57 Å². The maximum absolute atomic E-state index is 12.5. The first-order valence-corrected chi connectivity index (χ1v) is 8.64. The fourth-order valence-corrected chi connectivity index (χ4v) is 3.21. The molecule has 4 amide bonds. The molecule has 0 radical (unpaired) electrons. The number of aromatic carboxylic acids is 1. The average molecular weight is 380 g/mol. The van der Waals surface area contributed by atoms with Crippen LogP contribution in [0.1, 0.15) is 34.2 Å². The monoisotopic (exact) mass is 380 g/mol. The Balaban J connectivity index is 2.03. The van der Waals surface area contributed by atoms with E-state index in [1.54, 1.807) is 19.1 Å². The molecule has 1 saturated heterocycles. The summed E-state index contributed by atoms with van der Waals surface area (Å²) in [4.78, 5) is 48.2. The highest BCUT2D eigenvalue weighted by Crippen LogP contribution is 2.24. The first-order valence-electron chi connectivity index (χ1n) is 8.64. The third-order valence-corrected chi connectivity index (χ3v) is 4.63. The van der Waals surface area contributed by atoms with Crippen molar-refractivity contribution in [3.63, 3.8) is 0 Å². The maximum atomic E-state index is 12.5. The summed E-state index contributed by atoms with van der Waals surface area (Å²) in [5, 5.41) is 13.1. The lowest BCUT2D eigenvalue weighted by Gasteiger charge is -2.24. The van der Waals surface area contributed by atoms with Gasteiger partial charge in [-0.25, -0.2) is 4.79 Å². The minimum atomic E-state index is -1.25. The first kappa shape index (κ1) is 19.1. The lowest BCUT2D eigenvalue weighted by atomic mass is 10.1. The molecule has 1 aliphatic heterocycles. The van der Waals surface area contributed by atoms with Gasteiger partial charge in [0.15, 0.2) is 0 Å². The molecule has 2 aromatic rings. The SMILES string of the molecule is CCN1C(=O)NC(=O)/C(=C\c2cc(C)n(-c3ccc(C(=O)[O-])cc3)c2C)C1=O. The summed E-state index contributed by atoms with van der Waals surface area (Å²) in [5.74, 6) is -2.63. The second kappa shape index (κ2) is 7.15. The van der Waals surface area contributed by atoms with Crippen molar-refractivity contribution >= 4 is 29.9 Å². The van der Waals surface area contributed by atoms with Crippen LogP contribution in [0.15, 0.2) is 35.9 Å². The van der Waals surface area contributed by atoms with Crippen molar-refractivity contribution in [2.24, 2.45) is 0 Å². The normalized spacial score (nSPS) is 15.9. The molecular weight excluding hydrogens is 362 g/mol. The standard InChI is InChI=1S/C20H19N3O5/c1-4-22-18(25)16(17(24)21-20(22)28)10-14-9-11(2)23(12(14)3)15-7-5-13(6-8-15)19(26)27/h5-10H,4H2,1-3H3,(H,26,27)(H,21,24,28)/p-1/b16-10+. The second-order valence-electron chi connectivity index (χ2n) is 6.36. The molecule has 1 aliphatic rings. The van der Waals surface area contributed by atoms with Crippen molar-refractivity contribution in [2.75, 3.05) is 6.54 Å². The van der Waals surface area contributed by atoms with E-state index in [-0.39, 0.29) is 17.7 Å². The summed E-state index contributed by atoms with van der Waals surface area (Å²) in [6.07, 6.45) is 1.46. The molecular formula is C20H18N3O5-. The number of nitrogens with one attached hydrogen (secondary N) is 1. The number of amides is 4. The molecule has 2 heterocycles. The van der Waals surface area contributed by atoms with E-state index in [4.69, 9.17) is 0 Å². The Hall–Kier alpha value is -3.68. The van der Waals surface area contributed by atoms with Crippen LogP contribution in [-0.4, -0.2) is 39.8 Å². The van der Waals surface area contributed by atoms with E-state index in [9.17, 15) is 24.3 Å². The van der Waals surface area contributed by atoms with Crippen LogP contribution in [0.2, 0.25) is 0 Å². The lowest BCUT2D eigenvalue weighted by Crippen LogP contribution is -2.53. The van der Waals surface area contributed by atoms with E-state index in [1.165, 1.54) is 18.2 Å². The zero-order valence-corrected chi connectivity index (χ0v) is 15.6. The number of imide groups is 2. The quantitative estimate of drug-likeness (QED) is 0.627. The largest absolute Gasteiger partial charge is 0.545 e. The molecule has 144 valence electrons. The van der Waals surface area contributed by atoms with E-state index in [1.807, 2.05) is 24.5 Å². The number of carboxylic acid groups (broad SMARTS) is 1. The Morgan fingerprint density at radius 3 is 2.36 bits per heavy atom. The van der Waals surface area contributed by atoms with Crippen molar-refractivity contribution in [3.05, 3.63) is 58.4 Å². The fraction of sp³-hybridized carbons (Fsp3) is 0.200. The molecule has 1 fully saturated rings. The highest BCUT2D eigenvalue weighted by atomic mass is 16.4. The maximum Gasteiger partial charge on any atom is 0.331 e. The van der Waals surface area contributed by atoms with Gasteiger partial charge in [0.2, 0.25) is 0 Å². The zero-order chi connectivity index (χ0) is 20.6. The summed E-state index contributed by atoms with van der Waals surface area (Å²) >= 11 is 0.